The molecule has 0 spiro atoms. The lowest BCUT2D eigenvalue weighted by molar-refractivity contribution is 0.233. The van der Waals surface area contributed by atoms with Crippen LogP contribution >= 0.6 is 0 Å². The average Bonchev–Trinajstić information content (AvgIpc) is 3.27. The van der Waals surface area contributed by atoms with Crippen molar-refractivity contribution in [2.24, 2.45) is 7.05 Å². The van der Waals surface area contributed by atoms with E-state index in [4.69, 9.17) is 9.72 Å². The molecule has 2 aromatic carbocycles. The van der Waals surface area contributed by atoms with E-state index in [2.05, 4.69) is 49.0 Å². The molecule has 188 valence electrons. The first kappa shape index (κ1) is 23.1. The van der Waals surface area contributed by atoms with Crippen LogP contribution in [-0.4, -0.2) is 67.1 Å². The summed E-state index contributed by atoms with van der Waals surface area (Å²) >= 11 is 0. The first-order chi connectivity index (χ1) is 17.9. The zero-order chi connectivity index (χ0) is 25.5. The molecule has 1 fully saturated rings. The van der Waals surface area contributed by atoms with Gasteiger partial charge in [0.1, 0.15) is 28.9 Å². The van der Waals surface area contributed by atoms with Crippen LogP contribution in [0.5, 0.6) is 11.5 Å². The summed E-state index contributed by atoms with van der Waals surface area (Å²) in [6.07, 6.45) is 5.11. The second kappa shape index (κ2) is 9.29. The van der Waals surface area contributed by atoms with Gasteiger partial charge >= 0.3 is 0 Å². The van der Waals surface area contributed by atoms with Crippen molar-refractivity contribution in [1.82, 2.24) is 34.4 Å². The fourth-order valence-corrected chi connectivity index (χ4v) is 4.60. The maximum atomic E-state index is 6.17. The van der Waals surface area contributed by atoms with Crippen LogP contribution in [0.4, 0.5) is 17.5 Å². The van der Waals surface area contributed by atoms with E-state index in [0.29, 0.717) is 28.8 Å². The summed E-state index contributed by atoms with van der Waals surface area (Å²) in [5, 5.41) is 3.42. The Morgan fingerprint density at radius 2 is 1.86 bits per heavy atom. The standard InChI is InChI=1S/C27H29N9O/c1-17-11-19(5-8-24(17)37-20-6-7-23-21(12-20)31-16-35(23)4)32-26-25-22(29-15-30-26)13-28-27(33-25)36-10-9-34(3)18(2)14-36/h5-8,11-13,15-16,18H,9-10,14H2,1-4H3,(H,29,30,32). The van der Waals surface area contributed by atoms with Gasteiger partial charge in [0.05, 0.1) is 23.6 Å². The van der Waals surface area contributed by atoms with E-state index < -0.39 is 0 Å². The number of hydrogen-bond acceptors (Lipinski definition) is 9. The molecule has 6 rings (SSSR count). The van der Waals surface area contributed by atoms with Crippen LogP contribution in [0.25, 0.3) is 22.1 Å². The van der Waals surface area contributed by atoms with Crippen LogP contribution in [0.3, 0.4) is 0 Å². The van der Waals surface area contributed by atoms with E-state index in [-0.39, 0.29) is 0 Å². The van der Waals surface area contributed by atoms with E-state index in [1.54, 1.807) is 12.5 Å². The number of likely N-dealkylation sites (N-methyl/N-ethyl adjacent to an activating group) is 1. The van der Waals surface area contributed by atoms with Crippen molar-refractivity contribution >= 4 is 39.5 Å². The van der Waals surface area contributed by atoms with Gasteiger partial charge in [-0.3, -0.25) is 0 Å². The SMILES string of the molecule is Cc1cc(Nc2ncnc3cnc(N4CCN(C)C(C)C4)nc23)ccc1Oc1ccc2c(c1)ncn2C. The minimum Gasteiger partial charge on any atom is -0.457 e. The van der Waals surface area contributed by atoms with E-state index in [9.17, 15) is 0 Å². The maximum Gasteiger partial charge on any atom is 0.226 e. The molecule has 0 bridgehead atoms. The molecule has 3 aromatic heterocycles. The third kappa shape index (κ3) is 4.51. The van der Waals surface area contributed by atoms with E-state index in [1.165, 1.54) is 6.33 Å². The highest BCUT2D eigenvalue weighted by atomic mass is 16.5. The summed E-state index contributed by atoms with van der Waals surface area (Å²) in [4.78, 5) is 27.3. The Balaban J connectivity index is 1.24. The lowest BCUT2D eigenvalue weighted by Crippen LogP contribution is -2.50. The Labute approximate surface area is 215 Å². The van der Waals surface area contributed by atoms with Crippen LogP contribution in [0.15, 0.2) is 55.2 Å². The fraction of sp³-hybridized carbons (Fsp3) is 0.296. The normalized spacial score (nSPS) is 16.4. The zero-order valence-electron chi connectivity index (χ0n) is 21.4. The largest absolute Gasteiger partial charge is 0.457 e. The van der Waals surface area contributed by atoms with Gasteiger partial charge in [-0.2, -0.15) is 0 Å². The van der Waals surface area contributed by atoms with Gasteiger partial charge in [-0.1, -0.05) is 0 Å². The Morgan fingerprint density at radius 3 is 2.70 bits per heavy atom. The fourth-order valence-electron chi connectivity index (χ4n) is 4.60. The van der Waals surface area contributed by atoms with Crippen molar-refractivity contribution in [1.29, 1.82) is 0 Å². The number of imidazole rings is 1. The highest BCUT2D eigenvalue weighted by Gasteiger charge is 2.23. The monoisotopic (exact) mass is 495 g/mol. The number of rotatable bonds is 5. The Hall–Kier alpha value is -4.31. The number of fused-ring (bicyclic) bond motifs is 2. The van der Waals surface area contributed by atoms with Gasteiger partial charge in [0.25, 0.3) is 0 Å². The Bertz CT molecular complexity index is 1600. The number of aromatic nitrogens is 6. The quantitative estimate of drug-likeness (QED) is 0.383. The molecule has 0 radical (unpaired) electrons. The van der Waals surface area contributed by atoms with E-state index >= 15 is 0 Å². The lowest BCUT2D eigenvalue weighted by Gasteiger charge is -2.37. The minimum absolute atomic E-state index is 0.437. The first-order valence-electron chi connectivity index (χ1n) is 12.3. The summed E-state index contributed by atoms with van der Waals surface area (Å²) in [6, 6.07) is 12.3. The number of nitrogens with zero attached hydrogens (tertiary/aromatic N) is 8. The van der Waals surface area contributed by atoms with E-state index in [1.807, 2.05) is 54.9 Å². The number of hydrogen-bond donors (Lipinski definition) is 1. The highest BCUT2D eigenvalue weighted by Crippen LogP contribution is 2.31. The summed E-state index contributed by atoms with van der Waals surface area (Å²) < 4.78 is 8.16. The van der Waals surface area contributed by atoms with Crippen LogP contribution in [-0.2, 0) is 7.05 Å². The summed E-state index contributed by atoms with van der Waals surface area (Å²) in [7, 11) is 4.13. The molecule has 37 heavy (non-hydrogen) atoms. The van der Waals surface area contributed by atoms with Gasteiger partial charge in [-0.05, 0) is 56.8 Å². The Kier molecular flexibility index (Phi) is 5.80. The molecule has 0 amide bonds. The first-order valence-corrected chi connectivity index (χ1v) is 12.3. The maximum absolute atomic E-state index is 6.17. The molecular formula is C27H29N9O. The van der Waals surface area contributed by atoms with Gasteiger partial charge < -0.3 is 24.4 Å². The van der Waals surface area contributed by atoms with Crippen molar-refractivity contribution < 1.29 is 4.74 Å². The molecular weight excluding hydrogens is 466 g/mol. The highest BCUT2D eigenvalue weighted by molar-refractivity contribution is 5.87. The zero-order valence-corrected chi connectivity index (χ0v) is 21.4. The van der Waals surface area contributed by atoms with Crippen molar-refractivity contribution in [3.05, 3.63) is 60.8 Å². The molecule has 5 aromatic rings. The molecule has 1 aliphatic rings. The number of ether oxygens (including phenoxy) is 1. The second-order valence-corrected chi connectivity index (χ2v) is 9.62. The summed E-state index contributed by atoms with van der Waals surface area (Å²) in [6.45, 7) is 6.98. The molecule has 10 nitrogen and oxygen atoms in total. The number of nitrogens with one attached hydrogen (secondary N) is 1. The minimum atomic E-state index is 0.437. The number of aryl methyl sites for hydroxylation is 2. The van der Waals surface area contributed by atoms with Crippen molar-refractivity contribution in [3.63, 3.8) is 0 Å². The number of benzene rings is 2. The predicted octanol–water partition coefficient (Wildman–Crippen LogP) is 4.29. The molecule has 10 heteroatoms. The smallest absolute Gasteiger partial charge is 0.226 e. The van der Waals surface area contributed by atoms with Crippen molar-refractivity contribution in [2.75, 3.05) is 36.9 Å². The number of anilines is 3. The molecule has 0 aliphatic carbocycles. The molecule has 1 unspecified atom stereocenters. The van der Waals surface area contributed by atoms with Crippen LogP contribution < -0.4 is 15.0 Å². The second-order valence-electron chi connectivity index (χ2n) is 9.62. The van der Waals surface area contributed by atoms with Gasteiger partial charge in [-0.15, -0.1) is 0 Å². The van der Waals surface area contributed by atoms with Crippen LogP contribution in [0, 0.1) is 6.92 Å². The van der Waals surface area contributed by atoms with Gasteiger partial charge in [0.15, 0.2) is 5.82 Å². The third-order valence-electron chi connectivity index (χ3n) is 6.97. The van der Waals surface area contributed by atoms with Crippen LogP contribution in [0.2, 0.25) is 0 Å². The Morgan fingerprint density at radius 1 is 0.973 bits per heavy atom. The summed E-state index contributed by atoms with van der Waals surface area (Å²) in [5.41, 5.74) is 5.24. The van der Waals surface area contributed by atoms with Gasteiger partial charge in [0.2, 0.25) is 5.95 Å². The predicted molar refractivity (Wildman–Crippen MR) is 145 cm³/mol. The molecule has 1 atom stereocenters. The topological polar surface area (TPSA) is 97.1 Å². The third-order valence-corrected chi connectivity index (χ3v) is 6.97. The molecule has 1 N–H and O–H groups in total. The summed E-state index contributed by atoms with van der Waals surface area (Å²) in [5.74, 6) is 2.88. The number of piperazine rings is 1. The van der Waals surface area contributed by atoms with Gasteiger partial charge in [0, 0.05) is 44.5 Å². The lowest BCUT2D eigenvalue weighted by atomic mass is 10.2. The molecule has 1 saturated heterocycles. The van der Waals surface area contributed by atoms with Crippen LogP contribution in [0.1, 0.15) is 12.5 Å². The van der Waals surface area contributed by atoms with E-state index in [0.717, 1.165) is 53.4 Å². The van der Waals surface area contributed by atoms with Gasteiger partial charge in [-0.25, -0.2) is 24.9 Å². The molecule has 1 aliphatic heterocycles. The van der Waals surface area contributed by atoms with Crippen molar-refractivity contribution in [3.8, 4) is 11.5 Å². The molecule has 4 heterocycles. The van der Waals surface area contributed by atoms with Crippen molar-refractivity contribution in [2.45, 2.75) is 19.9 Å². The average molecular weight is 496 g/mol. The molecule has 0 saturated carbocycles.